The fraction of sp³-hybridized carbons (Fsp3) is 0.312. The average Bonchev–Trinajstić information content (AvgIpc) is 3.20. The summed E-state index contributed by atoms with van der Waals surface area (Å²) >= 11 is 0. The summed E-state index contributed by atoms with van der Waals surface area (Å²) in [6.45, 7) is 2.61. The van der Waals surface area contributed by atoms with E-state index >= 15 is 0 Å². The molecular weight excluding hydrogens is 236 g/mol. The second kappa shape index (κ2) is 5.31. The molecule has 1 saturated carbocycles. The van der Waals surface area contributed by atoms with Gasteiger partial charge >= 0.3 is 0 Å². The van der Waals surface area contributed by atoms with Crippen molar-refractivity contribution >= 4 is 5.82 Å². The largest absolute Gasteiger partial charge is 0.478 e. The van der Waals surface area contributed by atoms with Gasteiger partial charge in [-0.05, 0) is 25.0 Å². The summed E-state index contributed by atoms with van der Waals surface area (Å²) in [4.78, 5) is 4.44. The molecule has 1 heterocycles. The molecule has 0 amide bonds. The van der Waals surface area contributed by atoms with Gasteiger partial charge in [0, 0.05) is 18.0 Å². The highest BCUT2D eigenvalue weighted by Crippen LogP contribution is 2.42. The van der Waals surface area contributed by atoms with E-state index in [0.717, 1.165) is 5.82 Å². The second-order valence-corrected chi connectivity index (χ2v) is 4.80. The molecule has 0 radical (unpaired) electrons. The van der Waals surface area contributed by atoms with Crippen molar-refractivity contribution in [3.63, 3.8) is 0 Å². The Bertz CT molecular complexity index is 541. The Labute approximate surface area is 113 Å². The van der Waals surface area contributed by atoms with Gasteiger partial charge < -0.3 is 10.1 Å². The number of ether oxygens (including phenoxy) is 1. The molecule has 2 unspecified atom stereocenters. The number of aromatic nitrogens is 1. The van der Waals surface area contributed by atoms with E-state index in [1.165, 1.54) is 12.0 Å². The summed E-state index contributed by atoms with van der Waals surface area (Å²) in [7, 11) is 0. The van der Waals surface area contributed by atoms with Crippen LogP contribution in [-0.2, 0) is 0 Å². The molecule has 2 atom stereocenters. The molecule has 0 aliphatic heterocycles. The zero-order chi connectivity index (χ0) is 13.1. The highest BCUT2D eigenvalue weighted by molar-refractivity contribution is 5.43. The monoisotopic (exact) mass is 254 g/mol. The molecule has 19 heavy (non-hydrogen) atoms. The van der Waals surface area contributed by atoms with Gasteiger partial charge in [0.15, 0.2) is 0 Å². The van der Waals surface area contributed by atoms with Crippen LogP contribution in [0, 0.1) is 0 Å². The highest BCUT2D eigenvalue weighted by Gasteiger charge is 2.38. The van der Waals surface area contributed by atoms with E-state index in [-0.39, 0.29) is 0 Å². The zero-order valence-electron chi connectivity index (χ0n) is 11.0. The average molecular weight is 254 g/mol. The van der Waals surface area contributed by atoms with E-state index in [1.54, 1.807) is 0 Å². The quantitative estimate of drug-likeness (QED) is 0.887. The fourth-order valence-corrected chi connectivity index (χ4v) is 2.34. The molecule has 3 nitrogen and oxygen atoms in total. The molecule has 3 heteroatoms. The number of pyridine rings is 1. The first kappa shape index (κ1) is 12.0. The summed E-state index contributed by atoms with van der Waals surface area (Å²) in [5.74, 6) is 2.19. The van der Waals surface area contributed by atoms with Gasteiger partial charge in [-0.2, -0.15) is 4.98 Å². The molecule has 2 aromatic rings. The lowest BCUT2D eigenvalue weighted by atomic mass is 10.1. The highest BCUT2D eigenvalue weighted by atomic mass is 16.5. The molecule has 1 aromatic carbocycles. The first-order chi connectivity index (χ1) is 9.36. The Balaban J connectivity index is 1.63. The van der Waals surface area contributed by atoms with E-state index in [1.807, 2.05) is 25.1 Å². The normalized spacial score (nSPS) is 20.9. The van der Waals surface area contributed by atoms with Gasteiger partial charge in [0.2, 0.25) is 5.88 Å². The molecule has 1 N–H and O–H groups in total. The number of hydrogen-bond acceptors (Lipinski definition) is 3. The molecule has 98 valence electrons. The summed E-state index contributed by atoms with van der Waals surface area (Å²) in [6, 6.07) is 17.0. The first-order valence-electron chi connectivity index (χ1n) is 6.78. The standard InChI is InChI=1S/C16H18N2O/c1-2-19-16-10-6-9-15(18-16)17-14-11-13(14)12-7-4-3-5-8-12/h3-10,13-14H,2,11H2,1H3,(H,17,18). The van der Waals surface area contributed by atoms with Crippen LogP contribution in [0.4, 0.5) is 5.82 Å². The first-order valence-corrected chi connectivity index (χ1v) is 6.78. The van der Waals surface area contributed by atoms with Crippen molar-refractivity contribution in [2.45, 2.75) is 25.3 Å². The Kier molecular flexibility index (Phi) is 3.36. The topological polar surface area (TPSA) is 34.1 Å². The fourth-order valence-electron chi connectivity index (χ4n) is 2.34. The third-order valence-corrected chi connectivity index (χ3v) is 3.37. The number of anilines is 1. The van der Waals surface area contributed by atoms with Crippen LogP contribution in [0.25, 0.3) is 0 Å². The summed E-state index contributed by atoms with van der Waals surface area (Å²) < 4.78 is 5.41. The Morgan fingerprint density at radius 2 is 2.00 bits per heavy atom. The predicted octanol–water partition coefficient (Wildman–Crippen LogP) is 3.45. The SMILES string of the molecule is CCOc1cccc(NC2CC2c2ccccc2)n1. The Morgan fingerprint density at radius 3 is 2.79 bits per heavy atom. The Hall–Kier alpha value is -2.03. The molecule has 1 aromatic heterocycles. The lowest BCUT2D eigenvalue weighted by molar-refractivity contribution is 0.327. The zero-order valence-corrected chi connectivity index (χ0v) is 11.0. The van der Waals surface area contributed by atoms with Crippen molar-refractivity contribution in [3.8, 4) is 5.88 Å². The predicted molar refractivity (Wildman–Crippen MR) is 76.6 cm³/mol. The third-order valence-electron chi connectivity index (χ3n) is 3.37. The molecule has 0 saturated heterocycles. The van der Waals surface area contributed by atoms with Crippen LogP contribution in [0.3, 0.4) is 0 Å². The van der Waals surface area contributed by atoms with Crippen molar-refractivity contribution in [2.24, 2.45) is 0 Å². The van der Waals surface area contributed by atoms with Gasteiger partial charge in [0.25, 0.3) is 0 Å². The van der Waals surface area contributed by atoms with Gasteiger partial charge in [-0.1, -0.05) is 36.4 Å². The van der Waals surface area contributed by atoms with Crippen LogP contribution in [0.2, 0.25) is 0 Å². The molecule has 1 aliphatic carbocycles. The van der Waals surface area contributed by atoms with E-state index in [0.29, 0.717) is 24.4 Å². The molecule has 1 fully saturated rings. The number of rotatable bonds is 5. The number of hydrogen-bond donors (Lipinski definition) is 1. The molecule has 3 rings (SSSR count). The summed E-state index contributed by atoms with van der Waals surface area (Å²) in [5.41, 5.74) is 1.40. The van der Waals surface area contributed by atoms with Crippen molar-refractivity contribution < 1.29 is 4.74 Å². The third kappa shape index (κ3) is 2.87. The molecule has 1 aliphatic rings. The minimum Gasteiger partial charge on any atom is -0.478 e. The minimum absolute atomic E-state index is 0.492. The van der Waals surface area contributed by atoms with Crippen molar-refractivity contribution in [1.82, 2.24) is 4.98 Å². The van der Waals surface area contributed by atoms with Crippen LogP contribution in [0.15, 0.2) is 48.5 Å². The maximum Gasteiger partial charge on any atom is 0.215 e. The smallest absolute Gasteiger partial charge is 0.215 e. The van der Waals surface area contributed by atoms with Gasteiger partial charge in [0.05, 0.1) is 6.61 Å². The van der Waals surface area contributed by atoms with Crippen LogP contribution >= 0.6 is 0 Å². The lowest BCUT2D eigenvalue weighted by Crippen LogP contribution is -2.06. The van der Waals surface area contributed by atoms with Gasteiger partial charge in [-0.15, -0.1) is 0 Å². The lowest BCUT2D eigenvalue weighted by Gasteiger charge is -2.07. The van der Waals surface area contributed by atoms with Crippen LogP contribution in [0.5, 0.6) is 5.88 Å². The van der Waals surface area contributed by atoms with Crippen molar-refractivity contribution in [2.75, 3.05) is 11.9 Å². The maximum atomic E-state index is 5.41. The maximum absolute atomic E-state index is 5.41. The number of nitrogens with one attached hydrogen (secondary N) is 1. The van der Waals surface area contributed by atoms with Gasteiger partial charge in [0.1, 0.15) is 5.82 Å². The van der Waals surface area contributed by atoms with E-state index in [9.17, 15) is 0 Å². The van der Waals surface area contributed by atoms with Crippen LogP contribution in [0.1, 0.15) is 24.8 Å². The molecular formula is C16H18N2O. The van der Waals surface area contributed by atoms with E-state index < -0.39 is 0 Å². The van der Waals surface area contributed by atoms with Gasteiger partial charge in [-0.25, -0.2) is 0 Å². The number of benzene rings is 1. The summed E-state index contributed by atoms with van der Waals surface area (Å²) in [5, 5.41) is 3.47. The van der Waals surface area contributed by atoms with Crippen LogP contribution < -0.4 is 10.1 Å². The van der Waals surface area contributed by atoms with Crippen molar-refractivity contribution in [1.29, 1.82) is 0 Å². The van der Waals surface area contributed by atoms with E-state index in [4.69, 9.17) is 4.74 Å². The van der Waals surface area contributed by atoms with Crippen molar-refractivity contribution in [3.05, 3.63) is 54.1 Å². The second-order valence-electron chi connectivity index (χ2n) is 4.80. The van der Waals surface area contributed by atoms with Gasteiger partial charge in [-0.3, -0.25) is 0 Å². The molecule has 0 spiro atoms. The number of nitrogens with zero attached hydrogens (tertiary/aromatic N) is 1. The Morgan fingerprint density at radius 1 is 1.16 bits per heavy atom. The minimum atomic E-state index is 0.492. The van der Waals surface area contributed by atoms with E-state index in [2.05, 4.69) is 40.6 Å². The van der Waals surface area contributed by atoms with Crippen LogP contribution in [-0.4, -0.2) is 17.6 Å². The molecule has 0 bridgehead atoms. The summed E-state index contributed by atoms with van der Waals surface area (Å²) in [6.07, 6.45) is 1.17.